The van der Waals surface area contributed by atoms with Crippen LogP contribution in [0.2, 0.25) is 0 Å². The first kappa shape index (κ1) is 24.7. The fraction of sp³-hybridized carbons (Fsp3) is 0.400. The number of hydrogen-bond donors (Lipinski definition) is 1. The summed E-state index contributed by atoms with van der Waals surface area (Å²) in [6.45, 7) is 4.40. The number of nitrogens with zero attached hydrogens (tertiary/aromatic N) is 3. The van der Waals surface area contributed by atoms with Crippen molar-refractivity contribution in [1.29, 1.82) is 0 Å². The molecule has 9 nitrogen and oxygen atoms in total. The van der Waals surface area contributed by atoms with Gasteiger partial charge in [0.1, 0.15) is 5.75 Å². The highest BCUT2D eigenvalue weighted by Crippen LogP contribution is 2.42. The van der Waals surface area contributed by atoms with Crippen LogP contribution in [0.5, 0.6) is 23.0 Å². The summed E-state index contributed by atoms with van der Waals surface area (Å²) in [6, 6.07) is 11.6. The molecule has 2 aromatic carbocycles. The summed E-state index contributed by atoms with van der Waals surface area (Å²) in [6.07, 6.45) is 2.08. The molecular formula is C25H30N4O5S. The van der Waals surface area contributed by atoms with Gasteiger partial charge in [-0.2, -0.15) is 0 Å². The number of nitrogens with one attached hydrogen (secondary N) is 1. The highest BCUT2D eigenvalue weighted by Gasteiger charge is 2.28. The van der Waals surface area contributed by atoms with Crippen LogP contribution in [0.4, 0.5) is 0 Å². The average Bonchev–Trinajstić information content (AvgIpc) is 3.60. The lowest BCUT2D eigenvalue weighted by atomic mass is 10.1. The van der Waals surface area contributed by atoms with Gasteiger partial charge in [-0.05, 0) is 63.1 Å². The number of thioether (sulfide) groups is 1. The highest BCUT2D eigenvalue weighted by atomic mass is 32.2. The van der Waals surface area contributed by atoms with Crippen LogP contribution >= 0.6 is 11.8 Å². The van der Waals surface area contributed by atoms with E-state index in [2.05, 4.69) is 15.5 Å². The van der Waals surface area contributed by atoms with E-state index in [-0.39, 0.29) is 11.2 Å². The smallest absolute Gasteiger partial charge is 0.233 e. The van der Waals surface area contributed by atoms with Crippen molar-refractivity contribution in [3.05, 3.63) is 36.4 Å². The van der Waals surface area contributed by atoms with Crippen LogP contribution in [0.15, 0.2) is 41.6 Å². The Labute approximate surface area is 209 Å². The van der Waals surface area contributed by atoms with Crippen molar-refractivity contribution in [2.24, 2.45) is 0 Å². The van der Waals surface area contributed by atoms with Gasteiger partial charge in [0.25, 0.3) is 0 Å². The van der Waals surface area contributed by atoms with Gasteiger partial charge in [0.15, 0.2) is 22.5 Å². The number of aromatic nitrogens is 3. The average molecular weight is 499 g/mol. The molecule has 0 bridgehead atoms. The van der Waals surface area contributed by atoms with E-state index in [1.54, 1.807) is 21.3 Å². The van der Waals surface area contributed by atoms with Gasteiger partial charge in [-0.1, -0.05) is 11.8 Å². The number of methoxy groups -OCH3 is 3. The minimum absolute atomic E-state index is 0.00641. The number of rotatable bonds is 11. The number of hydrogen-bond acceptors (Lipinski definition) is 8. The summed E-state index contributed by atoms with van der Waals surface area (Å²) in [7, 11) is 4.70. The number of amides is 1. The molecule has 1 fully saturated rings. The molecule has 1 saturated carbocycles. The van der Waals surface area contributed by atoms with E-state index in [9.17, 15) is 4.79 Å². The first-order valence-electron chi connectivity index (χ1n) is 11.4. The summed E-state index contributed by atoms with van der Waals surface area (Å²) < 4.78 is 24.1. The number of carbonyl (C=O) groups excluding carboxylic acids is 1. The van der Waals surface area contributed by atoms with Crippen LogP contribution in [-0.2, 0) is 4.79 Å². The summed E-state index contributed by atoms with van der Waals surface area (Å²) in [4.78, 5) is 12.6. The fourth-order valence-electron chi connectivity index (χ4n) is 3.59. The van der Waals surface area contributed by atoms with Crippen LogP contribution in [0.3, 0.4) is 0 Å². The van der Waals surface area contributed by atoms with E-state index in [1.165, 1.54) is 11.8 Å². The maximum Gasteiger partial charge on any atom is 0.233 e. The fourth-order valence-corrected chi connectivity index (χ4v) is 4.47. The third kappa shape index (κ3) is 5.48. The normalized spacial score (nSPS) is 13.7. The zero-order chi connectivity index (χ0) is 24.9. The van der Waals surface area contributed by atoms with Crippen LogP contribution in [0, 0.1) is 0 Å². The van der Waals surface area contributed by atoms with E-state index in [0.29, 0.717) is 40.9 Å². The van der Waals surface area contributed by atoms with Crippen LogP contribution in [0.1, 0.15) is 26.7 Å². The van der Waals surface area contributed by atoms with Gasteiger partial charge in [-0.3, -0.25) is 9.36 Å². The SMILES string of the molecule is CCOc1ccc(-n2c(SC(C)C(=O)NC3CC3)nnc2-c2cc(OC)c(OC)c(OC)c2)cc1. The third-order valence-corrected chi connectivity index (χ3v) is 6.58. The summed E-state index contributed by atoms with van der Waals surface area (Å²) in [5.74, 6) is 2.85. The van der Waals surface area contributed by atoms with Crippen LogP contribution in [0.25, 0.3) is 17.1 Å². The minimum atomic E-state index is -0.339. The Balaban J connectivity index is 1.78. The molecule has 1 amide bonds. The maximum atomic E-state index is 12.6. The van der Waals surface area contributed by atoms with Crippen molar-refractivity contribution in [3.8, 4) is 40.1 Å². The van der Waals surface area contributed by atoms with Gasteiger partial charge >= 0.3 is 0 Å². The van der Waals surface area contributed by atoms with Crippen molar-refractivity contribution in [1.82, 2.24) is 20.1 Å². The van der Waals surface area contributed by atoms with Crippen molar-refractivity contribution in [3.63, 3.8) is 0 Å². The molecule has 1 unspecified atom stereocenters. The molecule has 10 heteroatoms. The van der Waals surface area contributed by atoms with Gasteiger partial charge in [-0.15, -0.1) is 10.2 Å². The maximum absolute atomic E-state index is 12.6. The molecule has 186 valence electrons. The van der Waals surface area contributed by atoms with Gasteiger partial charge in [0.2, 0.25) is 11.7 Å². The second-order valence-corrected chi connectivity index (χ2v) is 9.33. The predicted octanol–water partition coefficient (Wildman–Crippen LogP) is 4.12. The molecule has 1 heterocycles. The van der Waals surface area contributed by atoms with Crippen molar-refractivity contribution >= 4 is 17.7 Å². The Kier molecular flexibility index (Phi) is 7.70. The van der Waals surface area contributed by atoms with Crippen LogP contribution < -0.4 is 24.3 Å². The standard InChI is InChI=1S/C25H30N4O5S/c1-6-34-19-11-9-18(10-12-19)29-23(16-13-20(31-3)22(33-5)21(14-16)32-4)27-28-25(29)35-15(2)24(30)26-17-7-8-17/h9-15,17H,6-8H2,1-5H3,(H,26,30). The molecule has 3 aromatic rings. The Morgan fingerprint density at radius 1 is 1.09 bits per heavy atom. The second-order valence-electron chi connectivity index (χ2n) is 8.03. The molecular weight excluding hydrogens is 468 g/mol. The van der Waals surface area contributed by atoms with Crippen molar-refractivity contribution in [2.45, 2.75) is 43.1 Å². The quantitative estimate of drug-likeness (QED) is 0.395. The van der Waals surface area contributed by atoms with E-state index >= 15 is 0 Å². The molecule has 35 heavy (non-hydrogen) atoms. The predicted molar refractivity (Wildman–Crippen MR) is 134 cm³/mol. The van der Waals surface area contributed by atoms with Crippen LogP contribution in [-0.4, -0.2) is 59.9 Å². The van der Waals surface area contributed by atoms with Gasteiger partial charge < -0.3 is 24.3 Å². The number of ether oxygens (including phenoxy) is 4. The largest absolute Gasteiger partial charge is 0.494 e. The third-order valence-electron chi connectivity index (χ3n) is 5.54. The molecule has 0 saturated heterocycles. The zero-order valence-electron chi connectivity index (χ0n) is 20.5. The van der Waals surface area contributed by atoms with Gasteiger partial charge in [-0.25, -0.2) is 0 Å². The molecule has 1 aromatic heterocycles. The minimum Gasteiger partial charge on any atom is -0.494 e. The molecule has 0 aliphatic heterocycles. The Morgan fingerprint density at radius 3 is 2.29 bits per heavy atom. The lowest BCUT2D eigenvalue weighted by molar-refractivity contribution is -0.120. The molecule has 1 aliphatic rings. The summed E-state index contributed by atoms with van der Waals surface area (Å²) in [5.41, 5.74) is 1.56. The van der Waals surface area contributed by atoms with E-state index < -0.39 is 0 Å². The molecule has 0 radical (unpaired) electrons. The van der Waals surface area contributed by atoms with Crippen molar-refractivity contribution < 1.29 is 23.7 Å². The first-order chi connectivity index (χ1) is 17.0. The Morgan fingerprint density at radius 2 is 1.74 bits per heavy atom. The second kappa shape index (κ2) is 10.9. The highest BCUT2D eigenvalue weighted by molar-refractivity contribution is 8.00. The summed E-state index contributed by atoms with van der Waals surface area (Å²) >= 11 is 1.36. The van der Waals surface area contributed by atoms with E-state index in [0.717, 1.165) is 29.8 Å². The molecule has 1 atom stereocenters. The number of benzene rings is 2. The van der Waals surface area contributed by atoms with E-state index in [1.807, 2.05) is 54.8 Å². The number of carbonyl (C=O) groups is 1. The molecule has 4 rings (SSSR count). The van der Waals surface area contributed by atoms with Gasteiger partial charge in [0, 0.05) is 17.3 Å². The van der Waals surface area contributed by atoms with Crippen molar-refractivity contribution in [2.75, 3.05) is 27.9 Å². The zero-order valence-corrected chi connectivity index (χ0v) is 21.3. The topological polar surface area (TPSA) is 96.7 Å². The lowest BCUT2D eigenvalue weighted by Gasteiger charge is -2.16. The molecule has 0 spiro atoms. The van der Waals surface area contributed by atoms with E-state index in [4.69, 9.17) is 18.9 Å². The van der Waals surface area contributed by atoms with Gasteiger partial charge in [0.05, 0.1) is 33.2 Å². The summed E-state index contributed by atoms with van der Waals surface area (Å²) in [5, 5.41) is 12.3. The Hall–Kier alpha value is -3.40. The lowest BCUT2D eigenvalue weighted by Crippen LogP contribution is -2.32. The molecule has 1 N–H and O–H groups in total. The first-order valence-corrected chi connectivity index (χ1v) is 12.3. The Bertz CT molecular complexity index is 1150. The molecule has 1 aliphatic carbocycles. The monoisotopic (exact) mass is 498 g/mol.